The molecule has 0 radical (unpaired) electrons. The summed E-state index contributed by atoms with van der Waals surface area (Å²) >= 11 is 0. The van der Waals surface area contributed by atoms with Crippen molar-refractivity contribution in [3.8, 4) is 0 Å². The lowest BCUT2D eigenvalue weighted by Crippen LogP contribution is -2.54. The van der Waals surface area contributed by atoms with Crippen molar-refractivity contribution < 1.29 is 19.2 Å². The molecular weight excluding hydrogens is 372 g/mol. The molecule has 2 unspecified atom stereocenters. The van der Waals surface area contributed by atoms with Crippen LogP contribution in [0.4, 0.5) is 10.5 Å². The highest BCUT2D eigenvalue weighted by molar-refractivity contribution is 6.10. The van der Waals surface area contributed by atoms with Crippen molar-refractivity contribution >= 4 is 29.4 Å². The molecule has 0 aromatic heterocycles. The number of urea groups is 1. The summed E-state index contributed by atoms with van der Waals surface area (Å²) in [5, 5.41) is 2.87. The number of hydrogen-bond donors (Lipinski definition) is 2. The molecule has 1 aromatic carbocycles. The van der Waals surface area contributed by atoms with Crippen LogP contribution in [0.25, 0.3) is 0 Å². The molecule has 0 bridgehead atoms. The molecule has 1 heterocycles. The number of primary amides is 1. The molecule has 5 amide bonds. The molecule has 1 aliphatic carbocycles. The van der Waals surface area contributed by atoms with Crippen molar-refractivity contribution in [2.45, 2.75) is 45.6 Å². The molecule has 29 heavy (non-hydrogen) atoms. The summed E-state index contributed by atoms with van der Waals surface area (Å²) in [7, 11) is 1.56. The van der Waals surface area contributed by atoms with Crippen LogP contribution in [0.3, 0.4) is 0 Å². The van der Waals surface area contributed by atoms with E-state index in [1.807, 2.05) is 0 Å². The number of benzene rings is 1. The van der Waals surface area contributed by atoms with Crippen LogP contribution in [0, 0.1) is 11.3 Å². The van der Waals surface area contributed by atoms with E-state index in [9.17, 15) is 19.2 Å². The Hall–Kier alpha value is -2.90. The first kappa shape index (κ1) is 20.8. The Morgan fingerprint density at radius 2 is 1.83 bits per heavy atom. The number of likely N-dealkylation sites (N-methyl/N-ethyl adjacent to an activating group) is 1. The van der Waals surface area contributed by atoms with Gasteiger partial charge < -0.3 is 16.0 Å². The second kappa shape index (κ2) is 7.17. The van der Waals surface area contributed by atoms with E-state index in [1.54, 1.807) is 19.2 Å². The molecule has 1 aromatic rings. The van der Waals surface area contributed by atoms with Gasteiger partial charge in [-0.3, -0.25) is 19.3 Å². The van der Waals surface area contributed by atoms with E-state index in [1.165, 1.54) is 17.0 Å². The number of amides is 5. The summed E-state index contributed by atoms with van der Waals surface area (Å²) in [6, 6.07) is 5.71. The fourth-order valence-electron chi connectivity index (χ4n) is 4.88. The summed E-state index contributed by atoms with van der Waals surface area (Å²) in [5.74, 6) is -0.988. The molecule has 8 nitrogen and oxygen atoms in total. The van der Waals surface area contributed by atoms with Crippen molar-refractivity contribution in [1.29, 1.82) is 0 Å². The lowest BCUT2D eigenvalue weighted by molar-refractivity contribution is -0.137. The molecule has 1 aliphatic heterocycles. The Morgan fingerprint density at radius 3 is 2.38 bits per heavy atom. The first-order valence-corrected chi connectivity index (χ1v) is 9.75. The standard InChI is InChI=1S/C21H28N4O4/c1-13-9-20(2,3)12-21(10-13)18(28)25(19(29)23-21)11-16(26)24(4)15-7-5-14(6-8-15)17(22)27/h5-8,13H,9-12H2,1-4H3,(H2,22,27)(H,23,29). The maximum absolute atomic E-state index is 13.2. The maximum Gasteiger partial charge on any atom is 0.325 e. The second-order valence-corrected chi connectivity index (χ2v) is 9.12. The summed E-state index contributed by atoms with van der Waals surface area (Å²) in [6.07, 6.45) is 2.13. The van der Waals surface area contributed by atoms with Gasteiger partial charge in [-0.2, -0.15) is 0 Å². The van der Waals surface area contributed by atoms with Crippen LogP contribution >= 0.6 is 0 Å². The van der Waals surface area contributed by atoms with Crippen LogP contribution in [-0.4, -0.2) is 47.8 Å². The molecule has 2 fully saturated rings. The maximum atomic E-state index is 13.2. The number of rotatable bonds is 4. The molecule has 3 N–H and O–H groups in total. The summed E-state index contributed by atoms with van der Waals surface area (Å²) in [6.45, 7) is 5.94. The van der Waals surface area contributed by atoms with Gasteiger partial charge in [-0.1, -0.05) is 20.8 Å². The van der Waals surface area contributed by atoms with Gasteiger partial charge in [0.15, 0.2) is 0 Å². The topological polar surface area (TPSA) is 113 Å². The second-order valence-electron chi connectivity index (χ2n) is 9.12. The Labute approximate surface area is 170 Å². The third kappa shape index (κ3) is 3.97. The first-order valence-electron chi connectivity index (χ1n) is 9.75. The van der Waals surface area contributed by atoms with Crippen molar-refractivity contribution in [3.63, 3.8) is 0 Å². The van der Waals surface area contributed by atoms with E-state index < -0.39 is 23.4 Å². The normalized spacial score (nSPS) is 25.8. The van der Waals surface area contributed by atoms with Crippen LogP contribution in [0.1, 0.15) is 50.4 Å². The molecule has 8 heteroatoms. The minimum Gasteiger partial charge on any atom is -0.366 e. The number of hydrogen-bond acceptors (Lipinski definition) is 4. The van der Waals surface area contributed by atoms with Gasteiger partial charge in [0, 0.05) is 18.3 Å². The molecule has 2 aliphatic rings. The zero-order chi connectivity index (χ0) is 21.6. The van der Waals surface area contributed by atoms with Crippen molar-refractivity contribution in [2.24, 2.45) is 17.1 Å². The van der Waals surface area contributed by atoms with Gasteiger partial charge in [0.2, 0.25) is 11.8 Å². The average Bonchev–Trinajstić information content (AvgIpc) is 2.82. The lowest BCUT2D eigenvalue weighted by Gasteiger charge is -2.43. The highest BCUT2D eigenvalue weighted by Crippen LogP contribution is 2.46. The number of carbonyl (C=O) groups excluding carboxylic acids is 4. The summed E-state index contributed by atoms with van der Waals surface area (Å²) in [4.78, 5) is 52.0. The monoisotopic (exact) mass is 400 g/mol. The van der Waals surface area contributed by atoms with Crippen LogP contribution < -0.4 is 16.0 Å². The molecule has 3 rings (SSSR count). The number of imide groups is 1. The third-order valence-corrected chi connectivity index (χ3v) is 5.83. The Bertz CT molecular complexity index is 864. The predicted molar refractivity (Wildman–Crippen MR) is 108 cm³/mol. The van der Waals surface area contributed by atoms with E-state index in [0.29, 0.717) is 30.0 Å². The highest BCUT2D eigenvalue weighted by atomic mass is 16.2. The van der Waals surface area contributed by atoms with Gasteiger partial charge in [-0.15, -0.1) is 0 Å². The van der Waals surface area contributed by atoms with Gasteiger partial charge in [-0.25, -0.2) is 4.79 Å². The minimum atomic E-state index is -0.930. The zero-order valence-electron chi connectivity index (χ0n) is 17.3. The number of nitrogens with zero attached hydrogens (tertiary/aromatic N) is 2. The zero-order valence-corrected chi connectivity index (χ0v) is 17.3. The SMILES string of the molecule is CC1CC(C)(C)CC2(C1)NC(=O)N(CC(=O)N(C)c1ccc(C(N)=O)cc1)C2=O. The van der Waals surface area contributed by atoms with Gasteiger partial charge in [0.05, 0.1) is 0 Å². The smallest absolute Gasteiger partial charge is 0.325 e. The van der Waals surface area contributed by atoms with Gasteiger partial charge >= 0.3 is 6.03 Å². The molecular formula is C21H28N4O4. The van der Waals surface area contributed by atoms with E-state index in [2.05, 4.69) is 26.1 Å². The van der Waals surface area contributed by atoms with E-state index >= 15 is 0 Å². The first-order chi connectivity index (χ1) is 13.4. The number of anilines is 1. The predicted octanol–water partition coefficient (Wildman–Crippen LogP) is 1.89. The van der Waals surface area contributed by atoms with Crippen LogP contribution in [0.2, 0.25) is 0 Å². The van der Waals surface area contributed by atoms with Gasteiger partial charge in [0.25, 0.3) is 5.91 Å². The van der Waals surface area contributed by atoms with E-state index in [0.717, 1.165) is 11.3 Å². The average molecular weight is 400 g/mol. The summed E-state index contributed by atoms with van der Waals surface area (Å²) < 4.78 is 0. The fraction of sp³-hybridized carbons (Fsp3) is 0.524. The molecule has 1 saturated carbocycles. The van der Waals surface area contributed by atoms with E-state index in [-0.39, 0.29) is 17.9 Å². The van der Waals surface area contributed by atoms with Crippen LogP contribution in [-0.2, 0) is 9.59 Å². The molecule has 2 atom stereocenters. The van der Waals surface area contributed by atoms with Gasteiger partial charge in [0.1, 0.15) is 12.1 Å². The Kier molecular flexibility index (Phi) is 5.15. The van der Waals surface area contributed by atoms with Crippen LogP contribution in [0.5, 0.6) is 0 Å². The highest BCUT2D eigenvalue weighted by Gasteiger charge is 2.56. The third-order valence-electron chi connectivity index (χ3n) is 5.83. The number of nitrogens with one attached hydrogen (secondary N) is 1. The lowest BCUT2D eigenvalue weighted by atomic mass is 9.64. The largest absolute Gasteiger partial charge is 0.366 e. The molecule has 156 valence electrons. The van der Waals surface area contributed by atoms with Crippen LogP contribution in [0.15, 0.2) is 24.3 Å². The van der Waals surface area contributed by atoms with Crippen molar-refractivity contribution in [1.82, 2.24) is 10.2 Å². The molecule has 1 saturated heterocycles. The number of nitrogens with two attached hydrogens (primary N) is 1. The minimum absolute atomic E-state index is 0.0699. The number of carbonyl (C=O) groups is 4. The Morgan fingerprint density at radius 1 is 1.21 bits per heavy atom. The van der Waals surface area contributed by atoms with Gasteiger partial charge in [-0.05, 0) is 54.9 Å². The van der Waals surface area contributed by atoms with E-state index in [4.69, 9.17) is 5.73 Å². The Balaban J connectivity index is 1.74. The quantitative estimate of drug-likeness (QED) is 0.751. The molecule has 1 spiro atoms. The summed E-state index contributed by atoms with van der Waals surface area (Å²) in [5.41, 5.74) is 5.10. The fourth-order valence-corrected chi connectivity index (χ4v) is 4.88. The van der Waals surface area contributed by atoms with Crippen molar-refractivity contribution in [3.05, 3.63) is 29.8 Å². The van der Waals surface area contributed by atoms with Crippen molar-refractivity contribution in [2.75, 3.05) is 18.5 Å².